The number of hydrogen-bond acceptors (Lipinski definition) is 2. The van der Waals surface area contributed by atoms with E-state index in [0.29, 0.717) is 5.56 Å². The van der Waals surface area contributed by atoms with Gasteiger partial charge in [0, 0.05) is 11.6 Å². The molecule has 0 atom stereocenters. The lowest BCUT2D eigenvalue weighted by atomic mass is 9.81. The number of rotatable bonds is 1. The van der Waals surface area contributed by atoms with E-state index < -0.39 is 10.0 Å². The number of sulfonamides is 1. The van der Waals surface area contributed by atoms with E-state index >= 15 is 0 Å². The third-order valence-corrected chi connectivity index (χ3v) is 3.62. The smallest absolute Gasteiger partial charge is 0.225 e. The first-order chi connectivity index (χ1) is 7.59. The molecule has 0 saturated carbocycles. The van der Waals surface area contributed by atoms with Crippen molar-refractivity contribution in [2.24, 2.45) is 5.14 Å². The predicted molar refractivity (Wildman–Crippen MR) is 61.1 cm³/mol. The fourth-order valence-corrected chi connectivity index (χ4v) is 2.80. The molecule has 3 rings (SSSR count). The first kappa shape index (κ1) is 9.57. The van der Waals surface area contributed by atoms with Crippen molar-refractivity contribution in [3.8, 4) is 22.3 Å². The Morgan fingerprint density at radius 2 is 1.69 bits per heavy atom. The highest BCUT2D eigenvalue weighted by molar-refractivity contribution is 7.89. The zero-order valence-corrected chi connectivity index (χ0v) is 9.08. The van der Waals surface area contributed by atoms with Crippen molar-refractivity contribution < 1.29 is 8.42 Å². The van der Waals surface area contributed by atoms with Crippen LogP contribution in [0.3, 0.4) is 0 Å². The summed E-state index contributed by atoms with van der Waals surface area (Å²) in [6.07, 6.45) is 0. The summed E-state index contributed by atoms with van der Waals surface area (Å²) in [6.45, 7) is 0. The van der Waals surface area contributed by atoms with E-state index in [2.05, 4.69) is 6.07 Å². The third kappa shape index (κ3) is 1.14. The van der Waals surface area contributed by atoms with Crippen LogP contribution >= 0.6 is 0 Å². The molecule has 0 bridgehead atoms. The normalized spacial score (nSPS) is 12.6. The average Bonchev–Trinajstić information content (AvgIpc) is 2.23. The summed E-state index contributed by atoms with van der Waals surface area (Å²) in [5, 5.41) is 5.16. The van der Waals surface area contributed by atoms with Gasteiger partial charge >= 0.3 is 0 Å². The maximum Gasteiger partial charge on any atom is 0.239 e. The van der Waals surface area contributed by atoms with E-state index in [0.717, 1.165) is 16.7 Å². The molecule has 0 fully saturated rings. The van der Waals surface area contributed by atoms with Crippen molar-refractivity contribution >= 4 is 10.0 Å². The van der Waals surface area contributed by atoms with Crippen molar-refractivity contribution in [3.63, 3.8) is 0 Å². The quantitative estimate of drug-likeness (QED) is 0.692. The Labute approximate surface area is 93.6 Å². The summed E-state index contributed by atoms with van der Waals surface area (Å²) < 4.78 is 22.8. The Hall–Kier alpha value is -1.65. The van der Waals surface area contributed by atoms with E-state index in [1.165, 1.54) is 0 Å². The van der Waals surface area contributed by atoms with Gasteiger partial charge in [0.05, 0.1) is 4.90 Å². The maximum atomic E-state index is 11.4. The Bertz CT molecular complexity index is 690. The molecule has 2 N–H and O–H groups in total. The zero-order valence-electron chi connectivity index (χ0n) is 8.27. The second kappa shape index (κ2) is 2.93. The summed E-state index contributed by atoms with van der Waals surface area (Å²) in [5.41, 5.74) is 3.62. The van der Waals surface area contributed by atoms with Gasteiger partial charge in [0.25, 0.3) is 0 Å². The molecule has 0 heterocycles. The second-order valence-corrected chi connectivity index (χ2v) is 5.18. The molecule has 1 radical (unpaired) electrons. The van der Waals surface area contributed by atoms with Gasteiger partial charge in [-0.1, -0.05) is 36.4 Å². The lowest BCUT2D eigenvalue weighted by Gasteiger charge is -2.25. The van der Waals surface area contributed by atoms with Crippen LogP contribution in [0.25, 0.3) is 22.3 Å². The standard InChI is InChI=1S/C12H8NO2S/c13-16(14,15)11-7-3-6-10-8-4-1-2-5-9(8)12(10)11/h1-6H,(H2,13,14,15). The molecule has 0 unspecified atom stereocenters. The largest absolute Gasteiger partial charge is 0.239 e. The summed E-state index contributed by atoms with van der Waals surface area (Å²) in [7, 11) is -3.70. The molecule has 0 amide bonds. The summed E-state index contributed by atoms with van der Waals surface area (Å²) >= 11 is 0. The lowest BCUT2D eigenvalue weighted by Crippen LogP contribution is -2.16. The van der Waals surface area contributed by atoms with Gasteiger partial charge in [0.1, 0.15) is 0 Å². The molecule has 0 spiro atoms. The van der Waals surface area contributed by atoms with Crippen molar-refractivity contribution in [1.29, 1.82) is 0 Å². The van der Waals surface area contributed by atoms with Crippen LogP contribution in [0.15, 0.2) is 41.3 Å². The minimum Gasteiger partial charge on any atom is -0.225 e. The van der Waals surface area contributed by atoms with Crippen molar-refractivity contribution in [2.45, 2.75) is 4.90 Å². The Kier molecular flexibility index (Phi) is 1.75. The highest BCUT2D eigenvalue weighted by atomic mass is 32.2. The van der Waals surface area contributed by atoms with Gasteiger partial charge in [0.2, 0.25) is 10.0 Å². The van der Waals surface area contributed by atoms with Crippen LogP contribution in [0.2, 0.25) is 0 Å². The molecule has 1 aliphatic rings. The number of benzene rings is 2. The van der Waals surface area contributed by atoms with Gasteiger partial charge in [-0.2, -0.15) is 0 Å². The molecular formula is C12H8NO2S. The van der Waals surface area contributed by atoms with Crippen LogP contribution in [0, 0.1) is 6.07 Å². The highest BCUT2D eigenvalue weighted by Gasteiger charge is 2.28. The Morgan fingerprint density at radius 1 is 1.00 bits per heavy atom. The SMILES string of the molecule is NS(=O)(=O)c1[c]ccc2c1-c1ccccc1-2. The fraction of sp³-hybridized carbons (Fsp3) is 0. The third-order valence-electron chi connectivity index (χ3n) is 2.73. The van der Waals surface area contributed by atoms with Crippen molar-refractivity contribution in [1.82, 2.24) is 0 Å². The molecule has 1 aliphatic carbocycles. The molecule has 0 aromatic heterocycles. The molecule has 2 aromatic carbocycles. The van der Waals surface area contributed by atoms with E-state index in [9.17, 15) is 8.42 Å². The summed E-state index contributed by atoms with van der Waals surface area (Å²) in [5.74, 6) is 0. The van der Waals surface area contributed by atoms with E-state index in [1.54, 1.807) is 6.07 Å². The van der Waals surface area contributed by atoms with Gasteiger partial charge < -0.3 is 0 Å². The van der Waals surface area contributed by atoms with Crippen LogP contribution in [-0.2, 0) is 10.0 Å². The molecular weight excluding hydrogens is 222 g/mol. The van der Waals surface area contributed by atoms with Gasteiger partial charge in [-0.05, 0) is 16.7 Å². The van der Waals surface area contributed by atoms with Crippen molar-refractivity contribution in [2.75, 3.05) is 0 Å². The number of fused-ring (bicyclic) bond motifs is 4. The monoisotopic (exact) mass is 230 g/mol. The predicted octanol–water partition coefficient (Wildman–Crippen LogP) is 1.78. The highest BCUT2D eigenvalue weighted by Crippen LogP contribution is 2.49. The molecule has 16 heavy (non-hydrogen) atoms. The molecule has 4 heteroatoms. The zero-order chi connectivity index (χ0) is 11.3. The minimum atomic E-state index is -3.70. The maximum absolute atomic E-state index is 11.4. The summed E-state index contributed by atoms with van der Waals surface area (Å²) in [4.78, 5) is 0.0868. The van der Waals surface area contributed by atoms with Crippen LogP contribution in [-0.4, -0.2) is 8.42 Å². The van der Waals surface area contributed by atoms with Gasteiger partial charge in [0.15, 0.2) is 0 Å². The van der Waals surface area contributed by atoms with Gasteiger partial charge in [-0.25, -0.2) is 13.6 Å². The van der Waals surface area contributed by atoms with Crippen LogP contribution in [0.4, 0.5) is 0 Å². The van der Waals surface area contributed by atoms with E-state index in [1.807, 2.05) is 30.3 Å². The topological polar surface area (TPSA) is 60.2 Å². The first-order valence-corrected chi connectivity index (χ1v) is 6.31. The van der Waals surface area contributed by atoms with E-state index in [-0.39, 0.29) is 4.90 Å². The lowest BCUT2D eigenvalue weighted by molar-refractivity contribution is 0.598. The van der Waals surface area contributed by atoms with Crippen LogP contribution < -0.4 is 5.14 Å². The fourth-order valence-electron chi connectivity index (χ4n) is 2.07. The first-order valence-electron chi connectivity index (χ1n) is 4.76. The summed E-state index contributed by atoms with van der Waals surface area (Å²) in [6, 6.07) is 13.8. The molecule has 3 nitrogen and oxygen atoms in total. The number of hydrogen-bond donors (Lipinski definition) is 1. The molecule has 2 aromatic rings. The molecule has 0 aliphatic heterocycles. The average molecular weight is 230 g/mol. The van der Waals surface area contributed by atoms with E-state index in [4.69, 9.17) is 5.14 Å². The Balaban J connectivity index is 2.35. The minimum absolute atomic E-state index is 0.0868. The van der Waals surface area contributed by atoms with Gasteiger partial charge in [-0.3, -0.25) is 0 Å². The van der Waals surface area contributed by atoms with Crippen LogP contribution in [0.1, 0.15) is 0 Å². The molecule has 79 valence electrons. The number of primary sulfonamides is 1. The number of nitrogens with two attached hydrogens (primary N) is 1. The Morgan fingerprint density at radius 3 is 2.38 bits per heavy atom. The van der Waals surface area contributed by atoms with Crippen molar-refractivity contribution in [3.05, 3.63) is 42.5 Å². The van der Waals surface area contributed by atoms with Gasteiger partial charge in [-0.15, -0.1) is 0 Å². The van der Waals surface area contributed by atoms with Crippen LogP contribution in [0.5, 0.6) is 0 Å². The molecule has 0 saturated heterocycles. The second-order valence-electron chi connectivity index (χ2n) is 3.69.